The normalized spacial score (nSPS) is 12.8. The van der Waals surface area contributed by atoms with Crippen LogP contribution in [0.4, 0.5) is 5.00 Å². The number of benzene rings is 1. The van der Waals surface area contributed by atoms with Crippen LogP contribution in [0, 0.1) is 12.3 Å². The molecule has 3 rings (SSSR count). The molecule has 27 heavy (non-hydrogen) atoms. The Labute approximate surface area is 162 Å². The molecule has 1 aliphatic rings. The third-order valence-electron chi connectivity index (χ3n) is 4.35. The van der Waals surface area contributed by atoms with E-state index in [2.05, 4.69) is 5.32 Å². The van der Waals surface area contributed by atoms with Crippen LogP contribution in [0.15, 0.2) is 18.2 Å². The Hall–Kier alpha value is -2.54. The minimum absolute atomic E-state index is 0.150. The topological polar surface area (TPSA) is 73.9 Å². The molecule has 0 aliphatic carbocycles. The van der Waals surface area contributed by atoms with Crippen molar-refractivity contribution in [2.45, 2.75) is 34.1 Å². The van der Waals surface area contributed by atoms with Gasteiger partial charge in [-0.3, -0.25) is 4.79 Å². The first-order valence-electron chi connectivity index (χ1n) is 8.61. The van der Waals surface area contributed by atoms with Crippen LogP contribution >= 0.6 is 11.3 Å². The second-order valence-electron chi connectivity index (χ2n) is 7.41. The summed E-state index contributed by atoms with van der Waals surface area (Å²) in [4.78, 5) is 25.7. The van der Waals surface area contributed by atoms with Gasteiger partial charge in [-0.15, -0.1) is 11.3 Å². The van der Waals surface area contributed by atoms with Gasteiger partial charge in [0.15, 0.2) is 11.5 Å². The van der Waals surface area contributed by atoms with Crippen LogP contribution < -0.4 is 14.8 Å². The molecule has 7 heteroatoms. The monoisotopic (exact) mass is 389 g/mol. The number of fused-ring (bicyclic) bond motifs is 1. The minimum atomic E-state index is -0.567. The lowest BCUT2D eigenvalue weighted by Crippen LogP contribution is -2.28. The van der Waals surface area contributed by atoms with Gasteiger partial charge >= 0.3 is 5.97 Å². The highest BCUT2D eigenvalue weighted by Crippen LogP contribution is 2.38. The molecule has 0 saturated carbocycles. The first-order chi connectivity index (χ1) is 12.7. The minimum Gasteiger partial charge on any atom is -0.465 e. The van der Waals surface area contributed by atoms with E-state index in [9.17, 15) is 9.59 Å². The van der Waals surface area contributed by atoms with Gasteiger partial charge in [-0.1, -0.05) is 26.8 Å². The molecule has 0 bridgehead atoms. The third-order valence-corrected chi connectivity index (χ3v) is 5.55. The number of thiophene rings is 1. The summed E-state index contributed by atoms with van der Waals surface area (Å²) in [5, 5.41) is 3.41. The van der Waals surface area contributed by atoms with E-state index in [1.807, 2.05) is 45.9 Å². The highest BCUT2D eigenvalue weighted by molar-refractivity contribution is 7.17. The van der Waals surface area contributed by atoms with E-state index < -0.39 is 11.4 Å². The number of carbonyl (C=O) groups excluding carboxylic acids is 2. The molecule has 2 heterocycles. The van der Waals surface area contributed by atoms with Crippen molar-refractivity contribution in [3.05, 3.63) is 39.8 Å². The lowest BCUT2D eigenvalue weighted by Gasteiger charge is -2.17. The van der Waals surface area contributed by atoms with E-state index in [0.29, 0.717) is 17.0 Å². The molecule has 1 amide bonds. The number of anilines is 1. The van der Waals surface area contributed by atoms with Gasteiger partial charge in [0.25, 0.3) is 0 Å². The van der Waals surface area contributed by atoms with Crippen molar-refractivity contribution in [2.24, 2.45) is 5.41 Å². The van der Waals surface area contributed by atoms with Crippen LogP contribution in [0.2, 0.25) is 0 Å². The van der Waals surface area contributed by atoms with E-state index in [4.69, 9.17) is 14.2 Å². The van der Waals surface area contributed by atoms with E-state index >= 15 is 0 Å². The predicted octanol–water partition coefficient (Wildman–Crippen LogP) is 4.15. The number of hydrogen-bond acceptors (Lipinski definition) is 6. The SMILES string of the molecule is COC(=O)c1c(NC(=O)C(C)(C)C)sc(Cc2ccc3c(c2)OCO3)c1C. The summed E-state index contributed by atoms with van der Waals surface area (Å²) in [5.74, 6) is 0.847. The fraction of sp³-hybridized carbons (Fsp3) is 0.400. The van der Waals surface area contributed by atoms with Gasteiger partial charge in [-0.05, 0) is 30.2 Å². The number of amides is 1. The number of esters is 1. The van der Waals surface area contributed by atoms with Gasteiger partial charge < -0.3 is 19.5 Å². The molecule has 0 saturated heterocycles. The van der Waals surface area contributed by atoms with Gasteiger partial charge in [0.05, 0.1) is 12.7 Å². The van der Waals surface area contributed by atoms with E-state index in [1.165, 1.54) is 18.4 Å². The lowest BCUT2D eigenvalue weighted by atomic mass is 9.96. The Kier molecular flexibility index (Phi) is 5.15. The summed E-state index contributed by atoms with van der Waals surface area (Å²) in [6, 6.07) is 5.79. The van der Waals surface area contributed by atoms with Gasteiger partial charge in [0.2, 0.25) is 12.7 Å². The molecular formula is C20H23NO5S. The van der Waals surface area contributed by atoms with E-state index in [-0.39, 0.29) is 12.7 Å². The molecule has 144 valence electrons. The van der Waals surface area contributed by atoms with Crippen molar-refractivity contribution in [1.29, 1.82) is 0 Å². The molecule has 0 atom stereocenters. The molecule has 0 fully saturated rings. The first kappa shape index (κ1) is 19.2. The van der Waals surface area contributed by atoms with Gasteiger partial charge in [0.1, 0.15) is 5.00 Å². The molecule has 1 aliphatic heterocycles. The molecule has 6 nitrogen and oxygen atoms in total. The fourth-order valence-corrected chi connectivity index (χ4v) is 3.91. The number of ether oxygens (including phenoxy) is 3. The first-order valence-corrected chi connectivity index (χ1v) is 9.43. The van der Waals surface area contributed by atoms with Gasteiger partial charge in [0, 0.05) is 16.7 Å². The number of nitrogens with one attached hydrogen (secondary N) is 1. The van der Waals surface area contributed by atoms with Crippen molar-refractivity contribution in [3.63, 3.8) is 0 Å². The summed E-state index contributed by atoms with van der Waals surface area (Å²) < 4.78 is 15.7. The summed E-state index contributed by atoms with van der Waals surface area (Å²) in [5.41, 5.74) is 1.70. The Morgan fingerprint density at radius 1 is 1.22 bits per heavy atom. The lowest BCUT2D eigenvalue weighted by molar-refractivity contribution is -0.123. The third kappa shape index (κ3) is 3.93. The van der Waals surface area contributed by atoms with Crippen LogP contribution in [0.3, 0.4) is 0 Å². The summed E-state index contributed by atoms with van der Waals surface area (Å²) in [6.07, 6.45) is 0.614. The van der Waals surface area contributed by atoms with E-state index in [1.54, 1.807) is 0 Å². The number of methoxy groups -OCH3 is 1. The average molecular weight is 389 g/mol. The van der Waals surface area contributed by atoms with Crippen LogP contribution in [-0.4, -0.2) is 25.8 Å². The van der Waals surface area contributed by atoms with Crippen LogP contribution in [0.25, 0.3) is 0 Å². The Morgan fingerprint density at radius 3 is 2.59 bits per heavy atom. The Bertz CT molecular complexity index is 895. The van der Waals surface area contributed by atoms with Crippen LogP contribution in [0.1, 0.15) is 47.1 Å². The summed E-state index contributed by atoms with van der Waals surface area (Å²) in [7, 11) is 1.34. The number of carbonyl (C=O) groups is 2. The molecule has 1 N–H and O–H groups in total. The summed E-state index contributed by atoms with van der Waals surface area (Å²) in [6.45, 7) is 7.58. The van der Waals surface area contributed by atoms with Crippen molar-refractivity contribution >= 4 is 28.2 Å². The van der Waals surface area contributed by atoms with Crippen LogP contribution in [0.5, 0.6) is 11.5 Å². The molecule has 1 aromatic heterocycles. The Balaban J connectivity index is 1.93. The molecule has 2 aromatic rings. The smallest absolute Gasteiger partial charge is 0.341 e. The maximum absolute atomic E-state index is 12.4. The number of hydrogen-bond donors (Lipinski definition) is 1. The average Bonchev–Trinajstić information content (AvgIpc) is 3.18. The fourth-order valence-electron chi connectivity index (χ4n) is 2.69. The standard InChI is InChI=1S/C20H23NO5S/c1-11-15(9-12-6-7-13-14(8-12)26-10-25-13)27-17(16(11)18(22)24-5)21-19(23)20(2,3)4/h6-8H,9-10H2,1-5H3,(H,21,23). The number of rotatable bonds is 4. The van der Waals surface area contributed by atoms with Crippen molar-refractivity contribution in [1.82, 2.24) is 0 Å². The highest BCUT2D eigenvalue weighted by atomic mass is 32.1. The van der Waals surface area contributed by atoms with Crippen molar-refractivity contribution in [2.75, 3.05) is 19.2 Å². The molecular weight excluding hydrogens is 366 g/mol. The zero-order chi connectivity index (χ0) is 19.8. The Morgan fingerprint density at radius 2 is 1.93 bits per heavy atom. The van der Waals surface area contributed by atoms with Crippen molar-refractivity contribution in [3.8, 4) is 11.5 Å². The second-order valence-corrected chi connectivity index (χ2v) is 8.52. The van der Waals surface area contributed by atoms with Crippen molar-refractivity contribution < 1.29 is 23.8 Å². The quantitative estimate of drug-likeness (QED) is 0.796. The second kappa shape index (κ2) is 7.23. The maximum atomic E-state index is 12.4. The zero-order valence-corrected chi connectivity index (χ0v) is 16.9. The maximum Gasteiger partial charge on any atom is 0.341 e. The molecule has 1 aromatic carbocycles. The van der Waals surface area contributed by atoms with Gasteiger partial charge in [-0.2, -0.15) is 0 Å². The predicted molar refractivity (Wildman–Crippen MR) is 104 cm³/mol. The summed E-state index contributed by atoms with van der Waals surface area (Å²) >= 11 is 1.40. The molecule has 0 unspecified atom stereocenters. The van der Waals surface area contributed by atoms with E-state index in [0.717, 1.165) is 27.5 Å². The zero-order valence-electron chi connectivity index (χ0n) is 16.1. The molecule has 0 radical (unpaired) electrons. The highest BCUT2D eigenvalue weighted by Gasteiger charge is 2.27. The molecule has 0 spiro atoms. The largest absolute Gasteiger partial charge is 0.465 e. The van der Waals surface area contributed by atoms with Crippen LogP contribution in [-0.2, 0) is 16.0 Å². The van der Waals surface area contributed by atoms with Gasteiger partial charge in [-0.25, -0.2) is 4.79 Å².